The van der Waals surface area contributed by atoms with E-state index in [1.165, 1.54) is 38.5 Å². The first-order valence-corrected chi connectivity index (χ1v) is 11.8. The van der Waals surface area contributed by atoms with Crippen molar-refractivity contribution < 1.29 is 19.3 Å². The molecule has 0 aromatic rings. The van der Waals surface area contributed by atoms with Crippen molar-refractivity contribution in [3.05, 3.63) is 0 Å². The molecule has 1 aliphatic heterocycles. The Labute approximate surface area is 175 Å². The van der Waals surface area contributed by atoms with E-state index in [1.807, 2.05) is 13.8 Å². The van der Waals surface area contributed by atoms with E-state index in [9.17, 15) is 4.79 Å². The molecule has 166 valence electrons. The molecule has 0 aromatic heterocycles. The van der Waals surface area contributed by atoms with E-state index in [0.717, 1.165) is 37.5 Å². The van der Waals surface area contributed by atoms with Crippen LogP contribution in [0.15, 0.2) is 0 Å². The minimum absolute atomic E-state index is 0.0903. The summed E-state index contributed by atoms with van der Waals surface area (Å²) >= 11 is 0. The summed E-state index contributed by atoms with van der Waals surface area (Å²) in [5, 5.41) is 2.96. The average molecular weight is 409 g/mol. The molecular weight excluding hydrogens is 368 g/mol. The van der Waals surface area contributed by atoms with Crippen molar-refractivity contribution in [1.82, 2.24) is 5.32 Å². The maximum Gasteiger partial charge on any atom is 0.220 e. The SMILES string of the molecule is CC(C)(N)CNC(=O)CC1CCC2(CC1)OO[C@@](C)(C1CC3CCCC(C3)C1)O2. The first kappa shape index (κ1) is 21.5. The number of fused-ring (bicyclic) bond motifs is 2. The van der Waals surface area contributed by atoms with Gasteiger partial charge in [0.25, 0.3) is 0 Å². The van der Waals surface area contributed by atoms with E-state index in [1.54, 1.807) is 0 Å². The molecule has 2 unspecified atom stereocenters. The van der Waals surface area contributed by atoms with Crippen LogP contribution in [-0.2, 0) is 19.3 Å². The lowest BCUT2D eigenvalue weighted by Crippen LogP contribution is -2.46. The molecule has 3 saturated carbocycles. The van der Waals surface area contributed by atoms with Crippen molar-refractivity contribution in [2.75, 3.05) is 6.54 Å². The third-order valence-corrected chi connectivity index (χ3v) is 7.70. The molecule has 1 heterocycles. The van der Waals surface area contributed by atoms with Crippen LogP contribution < -0.4 is 11.1 Å². The van der Waals surface area contributed by atoms with Gasteiger partial charge in [-0.25, -0.2) is 0 Å². The van der Waals surface area contributed by atoms with E-state index in [-0.39, 0.29) is 11.4 Å². The van der Waals surface area contributed by atoms with Gasteiger partial charge < -0.3 is 15.8 Å². The van der Waals surface area contributed by atoms with E-state index >= 15 is 0 Å². The fourth-order valence-electron chi connectivity index (χ4n) is 6.04. The molecule has 3 aliphatic carbocycles. The highest BCUT2D eigenvalue weighted by Crippen LogP contribution is 2.53. The van der Waals surface area contributed by atoms with Crippen LogP contribution in [0.4, 0.5) is 0 Å². The molecule has 1 amide bonds. The van der Waals surface area contributed by atoms with Gasteiger partial charge in [0.15, 0.2) is 0 Å². The van der Waals surface area contributed by atoms with Crippen molar-refractivity contribution in [1.29, 1.82) is 0 Å². The molecule has 0 radical (unpaired) electrons. The minimum Gasteiger partial charge on any atom is -0.354 e. The monoisotopic (exact) mass is 408 g/mol. The lowest BCUT2D eigenvalue weighted by molar-refractivity contribution is -0.362. The highest BCUT2D eigenvalue weighted by atomic mass is 17.3. The highest BCUT2D eigenvalue weighted by molar-refractivity contribution is 5.76. The lowest BCUT2D eigenvalue weighted by atomic mass is 9.66. The molecule has 3 atom stereocenters. The summed E-state index contributed by atoms with van der Waals surface area (Å²) in [6, 6.07) is 0. The van der Waals surface area contributed by atoms with Crippen LogP contribution in [0.3, 0.4) is 0 Å². The van der Waals surface area contributed by atoms with Crippen LogP contribution in [-0.4, -0.2) is 29.6 Å². The van der Waals surface area contributed by atoms with Crippen LogP contribution >= 0.6 is 0 Å². The van der Waals surface area contributed by atoms with E-state index in [4.69, 9.17) is 20.2 Å². The second kappa shape index (κ2) is 8.10. The largest absolute Gasteiger partial charge is 0.354 e. The molecule has 29 heavy (non-hydrogen) atoms. The third kappa shape index (κ3) is 5.15. The predicted octanol–water partition coefficient (Wildman–Crippen LogP) is 4.03. The van der Waals surface area contributed by atoms with Gasteiger partial charge >= 0.3 is 0 Å². The van der Waals surface area contributed by atoms with Crippen molar-refractivity contribution in [3.63, 3.8) is 0 Å². The van der Waals surface area contributed by atoms with Gasteiger partial charge in [-0.05, 0) is 70.6 Å². The molecule has 1 saturated heterocycles. The molecule has 1 spiro atoms. The summed E-state index contributed by atoms with van der Waals surface area (Å²) in [4.78, 5) is 24.0. The summed E-state index contributed by atoms with van der Waals surface area (Å²) in [6.07, 6.45) is 11.9. The van der Waals surface area contributed by atoms with Gasteiger partial charge in [-0.3, -0.25) is 4.79 Å². The topological polar surface area (TPSA) is 82.8 Å². The van der Waals surface area contributed by atoms with E-state index in [0.29, 0.717) is 24.8 Å². The summed E-state index contributed by atoms with van der Waals surface area (Å²) in [7, 11) is 0. The van der Waals surface area contributed by atoms with Gasteiger partial charge in [-0.15, -0.1) is 0 Å². The number of amides is 1. The summed E-state index contributed by atoms with van der Waals surface area (Å²) in [5.41, 5.74) is 5.57. The fourth-order valence-corrected chi connectivity index (χ4v) is 6.04. The number of rotatable bonds is 5. The Balaban J connectivity index is 1.27. The zero-order chi connectivity index (χ0) is 20.7. The number of nitrogens with two attached hydrogens (primary N) is 1. The second-order valence-electron chi connectivity index (χ2n) is 11.2. The standard InChI is InChI=1S/C23H40N2O4/c1-21(2,24)15-25-20(26)14-16-7-9-23(10-8-16)27-22(3,28-29-23)19-12-17-5-4-6-18(11-17)13-19/h16-19H,4-15,24H2,1-3H3,(H,25,26)/t16?,17?,18?,19?,22-,23?/m0/s1. The molecule has 4 fully saturated rings. The maximum absolute atomic E-state index is 12.2. The molecule has 6 heteroatoms. The summed E-state index contributed by atoms with van der Waals surface area (Å²) < 4.78 is 6.57. The van der Waals surface area contributed by atoms with Crippen molar-refractivity contribution >= 4 is 5.91 Å². The van der Waals surface area contributed by atoms with Crippen LogP contribution in [0.1, 0.15) is 91.4 Å². The Bertz CT molecular complexity index is 584. The van der Waals surface area contributed by atoms with Gasteiger partial charge in [0.2, 0.25) is 17.5 Å². The number of nitrogens with one attached hydrogen (secondary N) is 1. The molecule has 6 nitrogen and oxygen atoms in total. The Hall–Kier alpha value is -0.690. The smallest absolute Gasteiger partial charge is 0.220 e. The molecule has 4 aliphatic rings. The van der Waals surface area contributed by atoms with Crippen LogP contribution in [0, 0.1) is 23.7 Å². The number of hydrogen-bond donors (Lipinski definition) is 2. The van der Waals surface area contributed by atoms with E-state index < -0.39 is 11.6 Å². The van der Waals surface area contributed by atoms with E-state index in [2.05, 4.69) is 12.2 Å². The van der Waals surface area contributed by atoms with Crippen molar-refractivity contribution in [3.8, 4) is 0 Å². The highest BCUT2D eigenvalue weighted by Gasteiger charge is 2.56. The van der Waals surface area contributed by atoms with Gasteiger partial charge in [0.1, 0.15) is 0 Å². The molecule has 3 N–H and O–H groups in total. The molecule has 0 aromatic carbocycles. The Kier molecular flexibility index (Phi) is 6.02. The molecule has 4 rings (SSSR count). The first-order chi connectivity index (χ1) is 13.6. The van der Waals surface area contributed by atoms with Gasteiger partial charge in [-0.1, -0.05) is 19.3 Å². The second-order valence-corrected chi connectivity index (χ2v) is 11.2. The average Bonchev–Trinajstić information content (AvgIpc) is 2.99. The normalized spacial score (nSPS) is 42.8. The van der Waals surface area contributed by atoms with Gasteiger partial charge in [0, 0.05) is 37.3 Å². The van der Waals surface area contributed by atoms with Crippen molar-refractivity contribution in [2.24, 2.45) is 29.4 Å². The zero-order valence-electron chi connectivity index (χ0n) is 18.5. The van der Waals surface area contributed by atoms with Crippen molar-refractivity contribution in [2.45, 2.75) is 109 Å². The van der Waals surface area contributed by atoms with Crippen LogP contribution in [0.2, 0.25) is 0 Å². The van der Waals surface area contributed by atoms with Crippen LogP contribution in [0.5, 0.6) is 0 Å². The fraction of sp³-hybridized carbons (Fsp3) is 0.957. The molecular formula is C23H40N2O4. The third-order valence-electron chi connectivity index (χ3n) is 7.70. The number of hydrogen-bond acceptors (Lipinski definition) is 5. The number of carbonyl (C=O) groups excluding carboxylic acids is 1. The predicted molar refractivity (Wildman–Crippen MR) is 110 cm³/mol. The number of carbonyl (C=O) groups is 1. The lowest BCUT2D eigenvalue weighted by Gasteiger charge is -2.44. The maximum atomic E-state index is 12.2. The Morgan fingerprint density at radius 3 is 2.34 bits per heavy atom. The summed E-state index contributed by atoms with van der Waals surface area (Å²) in [5.74, 6) is 1.32. The Morgan fingerprint density at radius 2 is 1.72 bits per heavy atom. The van der Waals surface area contributed by atoms with Gasteiger partial charge in [-0.2, -0.15) is 9.78 Å². The number of ether oxygens (including phenoxy) is 1. The summed E-state index contributed by atoms with van der Waals surface area (Å²) in [6.45, 7) is 6.43. The molecule has 2 bridgehead atoms. The first-order valence-electron chi connectivity index (χ1n) is 11.8. The Morgan fingerprint density at radius 1 is 1.07 bits per heavy atom. The van der Waals surface area contributed by atoms with Crippen LogP contribution in [0.25, 0.3) is 0 Å². The van der Waals surface area contributed by atoms with Gasteiger partial charge in [0.05, 0.1) is 0 Å². The minimum atomic E-state index is -0.620. The quantitative estimate of drug-likeness (QED) is 0.671. The zero-order valence-corrected chi connectivity index (χ0v) is 18.5.